The maximum Gasteiger partial charge on any atom is 0.344 e. The molecule has 1 aromatic carbocycles. The van der Waals surface area contributed by atoms with Crippen LogP contribution in [0.4, 0.5) is 0 Å². The van der Waals surface area contributed by atoms with Gasteiger partial charge in [0.05, 0.1) is 12.7 Å². The predicted octanol–water partition coefficient (Wildman–Crippen LogP) is 2.60. The summed E-state index contributed by atoms with van der Waals surface area (Å²) >= 11 is 0. The number of carbonyl (C=O) groups excluding carboxylic acids is 1. The number of benzene rings is 1. The molecule has 0 radical (unpaired) electrons. The summed E-state index contributed by atoms with van der Waals surface area (Å²) in [6.07, 6.45) is 1.01. The van der Waals surface area contributed by atoms with Gasteiger partial charge >= 0.3 is 5.97 Å². The molecule has 0 aliphatic rings. The molecular formula is C15H22O4. The van der Waals surface area contributed by atoms with Crippen molar-refractivity contribution < 1.29 is 19.0 Å². The first kappa shape index (κ1) is 15.5. The first-order valence-electron chi connectivity index (χ1n) is 6.61. The molecule has 1 rings (SSSR count). The summed E-state index contributed by atoms with van der Waals surface area (Å²) < 4.78 is 15.7. The van der Waals surface area contributed by atoms with Crippen molar-refractivity contribution in [2.45, 2.75) is 33.3 Å². The molecule has 0 spiro atoms. The Morgan fingerprint density at radius 2 is 1.95 bits per heavy atom. The molecule has 19 heavy (non-hydrogen) atoms. The van der Waals surface area contributed by atoms with E-state index in [0.717, 1.165) is 17.7 Å². The van der Waals surface area contributed by atoms with Crippen molar-refractivity contribution in [1.29, 1.82) is 0 Å². The minimum Gasteiger partial charge on any atom is -0.482 e. The Morgan fingerprint density at radius 1 is 1.21 bits per heavy atom. The van der Waals surface area contributed by atoms with Crippen LogP contribution in [0.5, 0.6) is 5.75 Å². The highest BCUT2D eigenvalue weighted by molar-refractivity contribution is 5.71. The summed E-state index contributed by atoms with van der Waals surface area (Å²) in [6.45, 7) is 6.52. The van der Waals surface area contributed by atoms with Gasteiger partial charge in [-0.05, 0) is 31.9 Å². The number of rotatable bonds is 8. The van der Waals surface area contributed by atoms with Gasteiger partial charge in [-0.1, -0.05) is 25.1 Å². The average Bonchev–Trinajstić information content (AvgIpc) is 2.41. The van der Waals surface area contributed by atoms with Gasteiger partial charge in [-0.2, -0.15) is 0 Å². The van der Waals surface area contributed by atoms with Crippen LogP contribution in [0.15, 0.2) is 24.3 Å². The molecule has 0 aliphatic carbocycles. The number of hydrogen-bond acceptors (Lipinski definition) is 4. The van der Waals surface area contributed by atoms with Crippen LogP contribution in [0.2, 0.25) is 0 Å². The Morgan fingerprint density at radius 3 is 2.63 bits per heavy atom. The minimum atomic E-state index is -0.377. The highest BCUT2D eigenvalue weighted by Gasteiger charge is 2.06. The second-order valence-electron chi connectivity index (χ2n) is 4.39. The van der Waals surface area contributed by atoms with E-state index in [4.69, 9.17) is 14.2 Å². The van der Waals surface area contributed by atoms with Crippen molar-refractivity contribution in [1.82, 2.24) is 0 Å². The van der Waals surface area contributed by atoms with E-state index in [2.05, 4.69) is 0 Å². The lowest BCUT2D eigenvalue weighted by Crippen LogP contribution is -2.19. The van der Waals surface area contributed by atoms with Gasteiger partial charge in [0.15, 0.2) is 6.61 Å². The van der Waals surface area contributed by atoms with Crippen molar-refractivity contribution in [2.75, 3.05) is 19.8 Å². The van der Waals surface area contributed by atoms with Crippen molar-refractivity contribution in [3.05, 3.63) is 29.8 Å². The minimum absolute atomic E-state index is 0.0707. The van der Waals surface area contributed by atoms with Crippen LogP contribution in [0.1, 0.15) is 26.3 Å². The molecule has 0 fully saturated rings. The summed E-state index contributed by atoms with van der Waals surface area (Å²) in [7, 11) is 0. The fourth-order valence-electron chi connectivity index (χ4n) is 1.55. The maximum atomic E-state index is 11.5. The van der Waals surface area contributed by atoms with Gasteiger partial charge in [0.2, 0.25) is 0 Å². The summed E-state index contributed by atoms with van der Waals surface area (Å²) in [5.41, 5.74) is 1.08. The molecule has 0 bridgehead atoms. The van der Waals surface area contributed by atoms with Crippen LogP contribution in [0, 0.1) is 0 Å². The maximum absolute atomic E-state index is 11.5. The average molecular weight is 266 g/mol. The Labute approximate surface area is 114 Å². The van der Waals surface area contributed by atoms with E-state index in [-0.39, 0.29) is 25.3 Å². The molecule has 0 amide bonds. The van der Waals surface area contributed by atoms with Crippen LogP contribution in [-0.4, -0.2) is 31.9 Å². The van der Waals surface area contributed by atoms with E-state index in [0.29, 0.717) is 6.61 Å². The highest BCUT2D eigenvalue weighted by atomic mass is 16.6. The molecular weight excluding hydrogens is 244 g/mol. The molecule has 0 heterocycles. The van der Waals surface area contributed by atoms with Crippen molar-refractivity contribution in [2.24, 2.45) is 0 Å². The molecule has 106 valence electrons. The van der Waals surface area contributed by atoms with Gasteiger partial charge in [0.25, 0.3) is 0 Å². The fraction of sp³-hybridized carbons (Fsp3) is 0.533. The molecule has 4 nitrogen and oxygen atoms in total. The molecule has 1 aromatic rings. The molecule has 0 aromatic heterocycles. The first-order valence-corrected chi connectivity index (χ1v) is 6.61. The predicted molar refractivity (Wildman–Crippen MR) is 73.4 cm³/mol. The zero-order valence-electron chi connectivity index (χ0n) is 11.8. The lowest BCUT2D eigenvalue weighted by Gasteiger charge is -2.11. The smallest absolute Gasteiger partial charge is 0.344 e. The standard InChI is InChI=1S/C15H22O4/c1-4-13-7-5-6-8-14(13)19-11-15(16)18-10-9-17-12(2)3/h5-8,12H,4,9-11H2,1-3H3. The third-order valence-corrected chi connectivity index (χ3v) is 2.50. The summed E-state index contributed by atoms with van der Waals surface area (Å²) in [5.74, 6) is 0.360. The van der Waals surface area contributed by atoms with E-state index in [1.165, 1.54) is 0 Å². The molecule has 0 saturated carbocycles. The zero-order valence-corrected chi connectivity index (χ0v) is 11.8. The van der Waals surface area contributed by atoms with Crippen LogP contribution < -0.4 is 4.74 Å². The lowest BCUT2D eigenvalue weighted by molar-refractivity contribution is -0.148. The summed E-state index contributed by atoms with van der Waals surface area (Å²) in [6, 6.07) is 7.68. The largest absolute Gasteiger partial charge is 0.482 e. The summed E-state index contributed by atoms with van der Waals surface area (Å²) in [4.78, 5) is 11.5. The molecule has 4 heteroatoms. The third-order valence-electron chi connectivity index (χ3n) is 2.50. The number of hydrogen-bond donors (Lipinski definition) is 0. The van der Waals surface area contributed by atoms with Gasteiger partial charge in [-0.3, -0.25) is 0 Å². The monoisotopic (exact) mass is 266 g/mol. The zero-order chi connectivity index (χ0) is 14.1. The third kappa shape index (κ3) is 6.25. The Hall–Kier alpha value is -1.55. The second-order valence-corrected chi connectivity index (χ2v) is 4.39. The van der Waals surface area contributed by atoms with E-state index >= 15 is 0 Å². The normalized spacial score (nSPS) is 10.5. The molecule has 0 aliphatic heterocycles. The van der Waals surface area contributed by atoms with E-state index in [1.807, 2.05) is 45.0 Å². The molecule has 0 saturated heterocycles. The van der Waals surface area contributed by atoms with Crippen LogP contribution in [-0.2, 0) is 20.7 Å². The van der Waals surface area contributed by atoms with Crippen molar-refractivity contribution >= 4 is 5.97 Å². The topological polar surface area (TPSA) is 44.8 Å². The van der Waals surface area contributed by atoms with Crippen LogP contribution in [0.25, 0.3) is 0 Å². The number of esters is 1. The second kappa shape index (κ2) is 8.53. The molecule has 0 unspecified atom stereocenters. The SMILES string of the molecule is CCc1ccccc1OCC(=O)OCCOC(C)C. The van der Waals surface area contributed by atoms with Crippen molar-refractivity contribution in [3.63, 3.8) is 0 Å². The van der Waals surface area contributed by atoms with Gasteiger partial charge < -0.3 is 14.2 Å². The lowest BCUT2D eigenvalue weighted by atomic mass is 10.1. The number of carbonyl (C=O) groups is 1. The quantitative estimate of drug-likeness (QED) is 0.536. The fourth-order valence-corrected chi connectivity index (χ4v) is 1.55. The van der Waals surface area contributed by atoms with Gasteiger partial charge in [-0.25, -0.2) is 4.79 Å². The Balaban J connectivity index is 2.26. The number of para-hydroxylation sites is 1. The first-order chi connectivity index (χ1) is 9.13. The highest BCUT2D eigenvalue weighted by Crippen LogP contribution is 2.17. The Bertz CT molecular complexity index is 387. The molecule has 0 N–H and O–H groups in total. The summed E-state index contributed by atoms with van der Waals surface area (Å²) in [5, 5.41) is 0. The number of aryl methyl sites for hydroxylation is 1. The van der Waals surface area contributed by atoms with Crippen LogP contribution in [0.3, 0.4) is 0 Å². The Kier molecular flexibility index (Phi) is 6.97. The van der Waals surface area contributed by atoms with Gasteiger partial charge in [0, 0.05) is 0 Å². The van der Waals surface area contributed by atoms with Gasteiger partial charge in [-0.15, -0.1) is 0 Å². The van der Waals surface area contributed by atoms with Crippen molar-refractivity contribution in [3.8, 4) is 5.75 Å². The van der Waals surface area contributed by atoms with E-state index < -0.39 is 0 Å². The van der Waals surface area contributed by atoms with Crippen LogP contribution >= 0.6 is 0 Å². The van der Waals surface area contributed by atoms with Gasteiger partial charge in [0.1, 0.15) is 12.4 Å². The van der Waals surface area contributed by atoms with E-state index in [1.54, 1.807) is 0 Å². The van der Waals surface area contributed by atoms with E-state index in [9.17, 15) is 4.79 Å². The number of ether oxygens (including phenoxy) is 3. The molecule has 0 atom stereocenters.